The Kier molecular flexibility index (Phi) is 3.01. The third kappa shape index (κ3) is 2.38. The van der Waals surface area contributed by atoms with Crippen LogP contribution < -0.4 is 5.32 Å². The van der Waals surface area contributed by atoms with Crippen molar-refractivity contribution in [1.82, 2.24) is 5.32 Å². The monoisotopic (exact) mass is 189 g/mol. The van der Waals surface area contributed by atoms with E-state index in [4.69, 9.17) is 4.74 Å². The molecule has 1 rings (SSSR count). The molecule has 0 aromatic carbocycles. The van der Waals surface area contributed by atoms with E-state index >= 15 is 0 Å². The summed E-state index contributed by atoms with van der Waals surface area (Å²) in [5, 5.41) is 3.20. The van der Waals surface area contributed by atoms with Crippen molar-refractivity contribution in [3.63, 3.8) is 0 Å². The second kappa shape index (κ2) is 3.66. The minimum atomic E-state index is -0.129. The lowest BCUT2D eigenvalue weighted by Crippen LogP contribution is -2.42. The van der Waals surface area contributed by atoms with Gasteiger partial charge in [0.15, 0.2) is 0 Å². The van der Waals surface area contributed by atoms with Crippen LogP contribution in [0.3, 0.4) is 0 Å². The molecule has 1 N–H and O–H groups in total. The quantitative estimate of drug-likeness (QED) is 0.657. The predicted molar refractivity (Wildman–Crippen MR) is 50.1 cm³/mol. The van der Waals surface area contributed by atoms with Crippen LogP contribution in [0.2, 0.25) is 0 Å². The Balaban J connectivity index is 2.41. The molecule has 1 fully saturated rings. The maximum atomic E-state index is 11.2. The maximum absolute atomic E-state index is 11.2. The van der Waals surface area contributed by atoms with Gasteiger partial charge in [0, 0.05) is 5.75 Å². The second-order valence-electron chi connectivity index (χ2n) is 3.27. The molecule has 12 heavy (non-hydrogen) atoms. The molecule has 0 radical (unpaired) electrons. The van der Waals surface area contributed by atoms with Crippen LogP contribution in [0.15, 0.2) is 0 Å². The summed E-state index contributed by atoms with van der Waals surface area (Å²) in [7, 11) is 0. The minimum Gasteiger partial charge on any atom is -0.465 e. The largest absolute Gasteiger partial charge is 0.465 e. The summed E-state index contributed by atoms with van der Waals surface area (Å²) in [6, 6.07) is -0.120. The molecule has 0 aromatic rings. The van der Waals surface area contributed by atoms with Crippen LogP contribution in [-0.4, -0.2) is 29.2 Å². The van der Waals surface area contributed by atoms with Gasteiger partial charge in [0.1, 0.15) is 6.04 Å². The van der Waals surface area contributed by atoms with E-state index in [0.29, 0.717) is 6.61 Å². The lowest BCUT2D eigenvalue weighted by Gasteiger charge is -2.17. The molecule has 1 saturated heterocycles. The summed E-state index contributed by atoms with van der Waals surface area (Å²) in [5.41, 5.74) is 0. The zero-order valence-corrected chi connectivity index (χ0v) is 8.53. The van der Waals surface area contributed by atoms with Crippen molar-refractivity contribution in [2.75, 3.05) is 12.4 Å². The Labute approximate surface area is 77.2 Å². The highest BCUT2D eigenvalue weighted by molar-refractivity contribution is 8.00. The van der Waals surface area contributed by atoms with Crippen LogP contribution >= 0.6 is 11.8 Å². The first-order valence-electron chi connectivity index (χ1n) is 4.13. The van der Waals surface area contributed by atoms with E-state index in [2.05, 4.69) is 19.2 Å². The Hall–Kier alpha value is -0.220. The highest BCUT2D eigenvalue weighted by Gasteiger charge is 2.35. The number of ether oxygens (including phenoxy) is 1. The number of thioether (sulfide) groups is 1. The molecule has 0 unspecified atom stereocenters. The molecule has 0 amide bonds. The van der Waals surface area contributed by atoms with Crippen LogP contribution in [0.25, 0.3) is 0 Å². The fourth-order valence-electron chi connectivity index (χ4n) is 1.16. The van der Waals surface area contributed by atoms with Gasteiger partial charge >= 0.3 is 5.97 Å². The molecule has 0 saturated carbocycles. The van der Waals surface area contributed by atoms with Crippen molar-refractivity contribution < 1.29 is 9.53 Å². The molecular formula is C8H15NO2S. The highest BCUT2D eigenvalue weighted by atomic mass is 32.2. The third-order valence-corrected chi connectivity index (χ3v) is 3.04. The molecule has 0 aliphatic carbocycles. The van der Waals surface area contributed by atoms with E-state index in [1.54, 1.807) is 11.8 Å². The van der Waals surface area contributed by atoms with Gasteiger partial charge in [-0.1, -0.05) is 0 Å². The standard InChI is InChI=1S/C8H15NO2S/c1-4-11-7(10)6-5-12-8(2,3)9-6/h6,9H,4-5H2,1-3H3/t6-/m1/s1. The van der Waals surface area contributed by atoms with Gasteiger partial charge in [-0.3, -0.25) is 10.1 Å². The molecule has 0 spiro atoms. The van der Waals surface area contributed by atoms with E-state index in [0.717, 1.165) is 5.75 Å². The predicted octanol–water partition coefficient (Wildman–Crippen LogP) is 0.991. The first kappa shape index (κ1) is 9.86. The van der Waals surface area contributed by atoms with Crippen LogP contribution in [-0.2, 0) is 9.53 Å². The molecule has 1 heterocycles. The van der Waals surface area contributed by atoms with Crippen LogP contribution in [0, 0.1) is 0 Å². The van der Waals surface area contributed by atoms with Crippen LogP contribution in [0.5, 0.6) is 0 Å². The highest BCUT2D eigenvalue weighted by Crippen LogP contribution is 2.29. The summed E-state index contributed by atoms with van der Waals surface area (Å²) in [5.74, 6) is 0.682. The van der Waals surface area contributed by atoms with E-state index in [1.807, 2.05) is 6.92 Å². The summed E-state index contributed by atoms with van der Waals surface area (Å²) in [6.07, 6.45) is 0. The number of rotatable bonds is 2. The first-order valence-corrected chi connectivity index (χ1v) is 5.12. The molecule has 0 bridgehead atoms. The van der Waals surface area contributed by atoms with Crippen molar-refractivity contribution in [2.24, 2.45) is 0 Å². The molecule has 3 nitrogen and oxygen atoms in total. The second-order valence-corrected chi connectivity index (χ2v) is 4.91. The normalized spacial score (nSPS) is 27.1. The summed E-state index contributed by atoms with van der Waals surface area (Å²) in [6.45, 7) is 6.42. The number of nitrogens with one attached hydrogen (secondary N) is 1. The van der Waals surface area contributed by atoms with Crippen molar-refractivity contribution in [2.45, 2.75) is 31.7 Å². The van der Waals surface area contributed by atoms with Crippen LogP contribution in [0.4, 0.5) is 0 Å². The summed E-state index contributed by atoms with van der Waals surface area (Å²) < 4.78 is 4.90. The van der Waals surface area contributed by atoms with Gasteiger partial charge in [-0.2, -0.15) is 0 Å². The smallest absolute Gasteiger partial charge is 0.324 e. The zero-order valence-electron chi connectivity index (χ0n) is 7.72. The van der Waals surface area contributed by atoms with Gasteiger partial charge < -0.3 is 4.74 Å². The molecule has 1 aliphatic heterocycles. The third-order valence-electron chi connectivity index (χ3n) is 1.70. The Morgan fingerprint density at radius 2 is 2.42 bits per heavy atom. The average molecular weight is 189 g/mol. The van der Waals surface area contributed by atoms with Crippen molar-refractivity contribution in [3.8, 4) is 0 Å². The number of esters is 1. The van der Waals surface area contributed by atoms with Gasteiger partial charge in [-0.25, -0.2) is 0 Å². The zero-order chi connectivity index (χ0) is 9.19. The number of carbonyl (C=O) groups is 1. The molecular weight excluding hydrogens is 174 g/mol. The Morgan fingerprint density at radius 3 is 2.83 bits per heavy atom. The number of hydrogen-bond acceptors (Lipinski definition) is 4. The molecule has 1 aliphatic rings. The fraction of sp³-hybridized carbons (Fsp3) is 0.875. The van der Waals surface area contributed by atoms with Gasteiger partial charge in [0.25, 0.3) is 0 Å². The average Bonchev–Trinajstić information content (AvgIpc) is 2.31. The van der Waals surface area contributed by atoms with Gasteiger partial charge in [-0.05, 0) is 20.8 Å². The van der Waals surface area contributed by atoms with E-state index in [1.165, 1.54) is 0 Å². The number of carbonyl (C=O) groups excluding carboxylic acids is 1. The van der Waals surface area contributed by atoms with E-state index in [9.17, 15) is 4.79 Å². The summed E-state index contributed by atoms with van der Waals surface area (Å²) >= 11 is 1.75. The molecule has 0 aromatic heterocycles. The summed E-state index contributed by atoms with van der Waals surface area (Å²) in [4.78, 5) is 11.2. The van der Waals surface area contributed by atoms with Crippen LogP contribution in [0.1, 0.15) is 20.8 Å². The van der Waals surface area contributed by atoms with Gasteiger partial charge in [0.2, 0.25) is 0 Å². The van der Waals surface area contributed by atoms with Gasteiger partial charge in [0.05, 0.1) is 11.5 Å². The molecule has 4 heteroatoms. The molecule has 1 atom stereocenters. The molecule has 70 valence electrons. The topological polar surface area (TPSA) is 38.3 Å². The lowest BCUT2D eigenvalue weighted by atomic mass is 10.3. The van der Waals surface area contributed by atoms with E-state index in [-0.39, 0.29) is 16.9 Å². The lowest BCUT2D eigenvalue weighted by molar-refractivity contribution is -0.145. The maximum Gasteiger partial charge on any atom is 0.324 e. The van der Waals surface area contributed by atoms with Crippen molar-refractivity contribution in [1.29, 1.82) is 0 Å². The minimum absolute atomic E-state index is 0.0113. The SMILES string of the molecule is CCOC(=O)[C@H]1CSC(C)(C)N1. The van der Waals surface area contributed by atoms with Crippen molar-refractivity contribution >= 4 is 17.7 Å². The Bertz CT molecular complexity index is 182. The first-order chi connectivity index (χ1) is 5.55. The van der Waals surface area contributed by atoms with Gasteiger partial charge in [-0.15, -0.1) is 11.8 Å². The number of hydrogen-bond donors (Lipinski definition) is 1. The Morgan fingerprint density at radius 1 is 1.75 bits per heavy atom. The van der Waals surface area contributed by atoms with Crippen molar-refractivity contribution in [3.05, 3.63) is 0 Å². The van der Waals surface area contributed by atoms with E-state index < -0.39 is 0 Å². The fourth-order valence-corrected chi connectivity index (χ4v) is 2.19.